The number of hydrogen-bond donors (Lipinski definition) is 1. The maximum Gasteiger partial charge on any atom is 0.244 e. The van der Waals surface area contributed by atoms with Gasteiger partial charge in [0.05, 0.1) is 16.4 Å². The number of benzene rings is 1. The minimum Gasteiger partial charge on any atom is -0.392 e. The normalized spacial score (nSPS) is 16.5. The molecular weight excluding hydrogens is 440 g/mol. The fourth-order valence-corrected chi connectivity index (χ4v) is 5.91. The molecule has 0 aromatic heterocycles. The largest absolute Gasteiger partial charge is 0.392 e. The van der Waals surface area contributed by atoms with Crippen molar-refractivity contribution < 1.29 is 8.42 Å². The Labute approximate surface area is 147 Å². The lowest BCUT2D eigenvalue weighted by atomic mass is 10.2. The van der Waals surface area contributed by atoms with E-state index in [1.807, 2.05) is 0 Å². The van der Waals surface area contributed by atoms with E-state index < -0.39 is 10.0 Å². The van der Waals surface area contributed by atoms with Crippen LogP contribution in [0.1, 0.15) is 25.7 Å². The van der Waals surface area contributed by atoms with E-state index in [0.29, 0.717) is 8.95 Å². The summed E-state index contributed by atoms with van der Waals surface area (Å²) in [6.07, 6.45) is 3.78. The number of thiocarbonyl (C=S) groups is 1. The molecular formula is C13H16Br2N2O2S2. The average Bonchev–Trinajstić information content (AvgIpc) is 2.92. The summed E-state index contributed by atoms with van der Waals surface area (Å²) in [5.41, 5.74) is 5.61. The third-order valence-corrected chi connectivity index (χ3v) is 7.04. The molecule has 8 heteroatoms. The lowest BCUT2D eigenvalue weighted by Gasteiger charge is -2.28. The summed E-state index contributed by atoms with van der Waals surface area (Å²) in [7, 11) is -3.64. The Morgan fingerprint density at radius 2 is 1.95 bits per heavy atom. The summed E-state index contributed by atoms with van der Waals surface area (Å²) >= 11 is 11.6. The second kappa shape index (κ2) is 7.04. The van der Waals surface area contributed by atoms with Gasteiger partial charge in [0.1, 0.15) is 0 Å². The quantitative estimate of drug-likeness (QED) is 0.690. The molecule has 1 aliphatic rings. The number of rotatable bonds is 5. The predicted octanol–water partition coefficient (Wildman–Crippen LogP) is 3.43. The first-order chi connectivity index (χ1) is 9.82. The first-order valence-corrected chi connectivity index (χ1v) is 10.0. The van der Waals surface area contributed by atoms with Gasteiger partial charge in [-0.1, -0.05) is 41.0 Å². The molecule has 1 fully saturated rings. The van der Waals surface area contributed by atoms with Gasteiger partial charge in [-0.3, -0.25) is 0 Å². The molecule has 0 amide bonds. The van der Waals surface area contributed by atoms with E-state index in [-0.39, 0.29) is 22.5 Å². The van der Waals surface area contributed by atoms with Crippen LogP contribution in [0.4, 0.5) is 0 Å². The van der Waals surface area contributed by atoms with Gasteiger partial charge in [0, 0.05) is 15.0 Å². The minimum atomic E-state index is -3.64. The van der Waals surface area contributed by atoms with Gasteiger partial charge in [-0.25, -0.2) is 8.42 Å². The SMILES string of the molecule is NC(=S)CN(C1CCCC1)S(=O)(=O)c1cc(Br)ccc1Br. The third-order valence-electron chi connectivity index (χ3n) is 3.52. The van der Waals surface area contributed by atoms with Gasteiger partial charge in [-0.2, -0.15) is 4.31 Å². The molecule has 0 heterocycles. The average molecular weight is 456 g/mol. The van der Waals surface area contributed by atoms with Crippen LogP contribution >= 0.6 is 44.1 Å². The van der Waals surface area contributed by atoms with Crippen LogP contribution in [0.3, 0.4) is 0 Å². The Morgan fingerprint density at radius 1 is 1.33 bits per heavy atom. The minimum absolute atomic E-state index is 0.0256. The highest BCUT2D eigenvalue weighted by Crippen LogP contribution is 2.32. The van der Waals surface area contributed by atoms with E-state index in [9.17, 15) is 8.42 Å². The van der Waals surface area contributed by atoms with Crippen molar-refractivity contribution in [3.8, 4) is 0 Å². The molecule has 0 aliphatic heterocycles. The Bertz CT molecular complexity index is 644. The number of hydrogen-bond acceptors (Lipinski definition) is 3. The Morgan fingerprint density at radius 3 is 2.52 bits per heavy atom. The molecule has 116 valence electrons. The van der Waals surface area contributed by atoms with E-state index in [2.05, 4.69) is 31.9 Å². The van der Waals surface area contributed by atoms with Crippen LogP contribution in [-0.2, 0) is 10.0 Å². The molecule has 0 bridgehead atoms. The first-order valence-electron chi connectivity index (χ1n) is 6.57. The smallest absolute Gasteiger partial charge is 0.244 e. The Hall–Kier alpha value is -0.0200. The summed E-state index contributed by atoms with van der Waals surface area (Å²) in [5.74, 6) is 0. The fraction of sp³-hybridized carbons (Fsp3) is 0.462. The van der Waals surface area contributed by atoms with Gasteiger partial charge in [-0.15, -0.1) is 0 Å². The first kappa shape index (κ1) is 17.3. The number of nitrogens with two attached hydrogens (primary N) is 1. The maximum atomic E-state index is 13.0. The predicted molar refractivity (Wildman–Crippen MR) is 94.8 cm³/mol. The molecule has 0 saturated heterocycles. The van der Waals surface area contributed by atoms with Crippen LogP contribution in [0.2, 0.25) is 0 Å². The summed E-state index contributed by atoms with van der Waals surface area (Å²) < 4.78 is 28.7. The van der Waals surface area contributed by atoms with Gasteiger partial charge in [-0.05, 0) is 47.0 Å². The van der Waals surface area contributed by atoms with Gasteiger partial charge < -0.3 is 5.73 Å². The molecule has 1 aromatic rings. The van der Waals surface area contributed by atoms with Gasteiger partial charge in [0.15, 0.2) is 0 Å². The van der Waals surface area contributed by atoms with Crippen molar-refractivity contribution in [1.82, 2.24) is 4.31 Å². The van der Waals surface area contributed by atoms with E-state index >= 15 is 0 Å². The van der Waals surface area contributed by atoms with E-state index in [0.717, 1.165) is 25.7 Å². The van der Waals surface area contributed by atoms with Crippen molar-refractivity contribution in [1.29, 1.82) is 0 Å². The zero-order chi connectivity index (χ0) is 15.6. The Kier molecular flexibility index (Phi) is 5.81. The molecule has 2 N–H and O–H groups in total. The fourth-order valence-electron chi connectivity index (χ4n) is 2.56. The lowest BCUT2D eigenvalue weighted by Crippen LogP contribution is -2.43. The highest BCUT2D eigenvalue weighted by Gasteiger charge is 2.34. The molecule has 0 atom stereocenters. The van der Waals surface area contributed by atoms with Crippen LogP contribution in [0, 0.1) is 0 Å². The summed E-state index contributed by atoms with van der Waals surface area (Å²) in [4.78, 5) is 0.427. The number of halogens is 2. The van der Waals surface area contributed by atoms with Crippen LogP contribution in [0.5, 0.6) is 0 Å². The van der Waals surface area contributed by atoms with E-state index in [1.54, 1.807) is 18.2 Å². The molecule has 21 heavy (non-hydrogen) atoms. The van der Waals surface area contributed by atoms with Crippen molar-refractivity contribution in [2.45, 2.75) is 36.6 Å². The topological polar surface area (TPSA) is 63.4 Å². The third kappa shape index (κ3) is 4.04. The summed E-state index contributed by atoms with van der Waals surface area (Å²) in [6, 6.07) is 5.07. The number of nitrogens with zero attached hydrogens (tertiary/aromatic N) is 1. The number of sulfonamides is 1. The molecule has 0 spiro atoms. The highest BCUT2D eigenvalue weighted by molar-refractivity contribution is 9.11. The summed E-state index contributed by atoms with van der Waals surface area (Å²) in [5, 5.41) is 0. The van der Waals surface area contributed by atoms with Crippen LogP contribution in [-0.4, -0.2) is 30.3 Å². The van der Waals surface area contributed by atoms with Crippen molar-refractivity contribution in [3.63, 3.8) is 0 Å². The van der Waals surface area contributed by atoms with Crippen LogP contribution < -0.4 is 5.73 Å². The monoisotopic (exact) mass is 454 g/mol. The van der Waals surface area contributed by atoms with Crippen molar-refractivity contribution >= 4 is 59.1 Å². The van der Waals surface area contributed by atoms with E-state index in [4.69, 9.17) is 18.0 Å². The molecule has 2 rings (SSSR count). The lowest BCUT2D eigenvalue weighted by molar-refractivity contribution is 0.355. The van der Waals surface area contributed by atoms with E-state index in [1.165, 1.54) is 4.31 Å². The molecule has 1 aliphatic carbocycles. The molecule has 4 nitrogen and oxygen atoms in total. The van der Waals surface area contributed by atoms with Crippen molar-refractivity contribution in [2.24, 2.45) is 5.73 Å². The van der Waals surface area contributed by atoms with Crippen molar-refractivity contribution in [3.05, 3.63) is 27.1 Å². The summed E-state index contributed by atoms with van der Waals surface area (Å²) in [6.45, 7) is 0.0846. The highest BCUT2D eigenvalue weighted by atomic mass is 79.9. The van der Waals surface area contributed by atoms with Gasteiger partial charge in [0.2, 0.25) is 10.0 Å². The molecule has 1 aromatic carbocycles. The van der Waals surface area contributed by atoms with Gasteiger partial charge >= 0.3 is 0 Å². The molecule has 0 radical (unpaired) electrons. The van der Waals surface area contributed by atoms with Crippen LogP contribution in [0.25, 0.3) is 0 Å². The zero-order valence-electron chi connectivity index (χ0n) is 11.3. The van der Waals surface area contributed by atoms with Crippen molar-refractivity contribution in [2.75, 3.05) is 6.54 Å². The molecule has 1 saturated carbocycles. The maximum absolute atomic E-state index is 13.0. The van der Waals surface area contributed by atoms with Crippen LogP contribution in [0.15, 0.2) is 32.0 Å². The zero-order valence-corrected chi connectivity index (χ0v) is 16.1. The van der Waals surface area contributed by atoms with Gasteiger partial charge in [0.25, 0.3) is 0 Å². The Balaban J connectivity index is 2.45. The molecule has 0 unspecified atom stereocenters. The second-order valence-electron chi connectivity index (χ2n) is 5.03. The second-order valence-corrected chi connectivity index (χ2v) is 9.18. The standard InChI is InChI=1S/C13H16Br2N2O2S2/c14-9-5-6-11(15)12(7-9)21(18,19)17(8-13(16)20)10-3-1-2-4-10/h5-7,10H,1-4,8H2,(H2,16,20).